The van der Waals surface area contributed by atoms with Gasteiger partial charge in [0.2, 0.25) is 0 Å². The van der Waals surface area contributed by atoms with E-state index in [0.717, 1.165) is 0 Å². The lowest BCUT2D eigenvalue weighted by molar-refractivity contribution is 0.340. The maximum atomic E-state index is 2.35. The van der Waals surface area contributed by atoms with E-state index in [1.54, 1.807) is 0 Å². The Morgan fingerprint density at radius 3 is 2.31 bits per heavy atom. The summed E-state index contributed by atoms with van der Waals surface area (Å²) < 4.78 is 2.35. The molecule has 2 heteroatoms. The minimum absolute atomic E-state index is 0.528. The largest absolute Gasteiger partial charge is 0.254 e. The fourth-order valence-electron chi connectivity index (χ4n) is 1.03. The van der Waals surface area contributed by atoms with Crippen LogP contribution in [0.15, 0.2) is 0 Å². The number of hydrogen-bond donors (Lipinski definition) is 0. The van der Waals surface area contributed by atoms with Crippen molar-refractivity contribution in [3.05, 3.63) is 0 Å². The molecule has 0 saturated heterocycles. The Bertz CT molecular complexity index is 123. The Morgan fingerprint density at radius 1 is 1.23 bits per heavy atom. The van der Waals surface area contributed by atoms with Crippen molar-refractivity contribution in [2.45, 2.75) is 47.0 Å². The molecular weight excluding hydrogens is 178 g/mol. The van der Waals surface area contributed by atoms with E-state index in [1.807, 2.05) is 11.9 Å². The van der Waals surface area contributed by atoms with E-state index in [-0.39, 0.29) is 0 Å². The third-order valence-electron chi connectivity index (χ3n) is 2.59. The Kier molecular flexibility index (Phi) is 6.88. The van der Waals surface area contributed by atoms with E-state index in [2.05, 4.69) is 39.0 Å². The van der Waals surface area contributed by atoms with Gasteiger partial charge in [-0.25, -0.2) is 0 Å². The predicted octanol–water partition coefficient (Wildman–Crippen LogP) is 3.80. The number of nitrogens with zero attached hydrogens (tertiary/aromatic N) is 1. The first-order valence-electron chi connectivity index (χ1n) is 5.36. The van der Waals surface area contributed by atoms with E-state index >= 15 is 0 Å². The molecule has 0 aromatic heterocycles. The summed E-state index contributed by atoms with van der Waals surface area (Å²) in [6.07, 6.45) is 3.86. The summed E-state index contributed by atoms with van der Waals surface area (Å²) in [7, 11) is 2.19. The Morgan fingerprint density at radius 2 is 1.85 bits per heavy atom. The van der Waals surface area contributed by atoms with Crippen LogP contribution >= 0.6 is 11.9 Å². The van der Waals surface area contributed by atoms with E-state index in [0.29, 0.717) is 5.41 Å². The third-order valence-corrected chi connectivity index (χ3v) is 3.60. The van der Waals surface area contributed by atoms with Crippen LogP contribution in [0.4, 0.5) is 0 Å². The fourth-order valence-corrected chi connectivity index (χ4v) is 2.30. The maximum Gasteiger partial charge on any atom is 0.00858 e. The van der Waals surface area contributed by atoms with Crippen molar-refractivity contribution in [2.75, 3.05) is 19.3 Å². The van der Waals surface area contributed by atoms with Crippen molar-refractivity contribution in [2.24, 2.45) is 5.41 Å². The standard InChI is InChI=1S/C11H25NS/c1-6-9-12(5)13-10-8-11(3,4)7-2/h6-10H2,1-5H3. The zero-order valence-corrected chi connectivity index (χ0v) is 10.7. The van der Waals surface area contributed by atoms with E-state index in [1.165, 1.54) is 31.6 Å². The molecule has 0 spiro atoms. The molecule has 80 valence electrons. The van der Waals surface area contributed by atoms with Crippen molar-refractivity contribution in [1.82, 2.24) is 4.31 Å². The molecule has 0 aromatic carbocycles. The fraction of sp³-hybridized carbons (Fsp3) is 1.00. The third kappa shape index (κ3) is 7.39. The highest BCUT2D eigenvalue weighted by atomic mass is 32.2. The van der Waals surface area contributed by atoms with Crippen LogP contribution in [0, 0.1) is 5.41 Å². The van der Waals surface area contributed by atoms with E-state index in [9.17, 15) is 0 Å². The van der Waals surface area contributed by atoms with Crippen LogP contribution in [0.5, 0.6) is 0 Å². The van der Waals surface area contributed by atoms with Crippen LogP contribution in [0.3, 0.4) is 0 Å². The first-order chi connectivity index (χ1) is 6.02. The van der Waals surface area contributed by atoms with Crippen molar-refractivity contribution in [3.63, 3.8) is 0 Å². The highest BCUT2D eigenvalue weighted by Crippen LogP contribution is 2.26. The van der Waals surface area contributed by atoms with Gasteiger partial charge >= 0.3 is 0 Å². The molecule has 0 aliphatic heterocycles. The second-order valence-corrected chi connectivity index (χ2v) is 5.74. The molecule has 0 heterocycles. The maximum absolute atomic E-state index is 2.35. The molecule has 0 fully saturated rings. The molecule has 1 nitrogen and oxygen atoms in total. The normalized spacial score (nSPS) is 12.5. The van der Waals surface area contributed by atoms with Gasteiger partial charge in [-0.05, 0) is 25.3 Å². The highest BCUT2D eigenvalue weighted by Gasteiger charge is 2.14. The highest BCUT2D eigenvalue weighted by molar-refractivity contribution is 7.96. The lowest BCUT2D eigenvalue weighted by atomic mass is 9.87. The quantitative estimate of drug-likeness (QED) is 0.579. The zero-order chi connectivity index (χ0) is 10.3. The van der Waals surface area contributed by atoms with Crippen LogP contribution in [0.2, 0.25) is 0 Å². The molecule has 0 unspecified atom stereocenters. The minimum atomic E-state index is 0.528. The van der Waals surface area contributed by atoms with Crippen molar-refractivity contribution in [1.29, 1.82) is 0 Å². The van der Waals surface area contributed by atoms with Gasteiger partial charge in [0.15, 0.2) is 0 Å². The average molecular weight is 203 g/mol. The van der Waals surface area contributed by atoms with Gasteiger partial charge in [0.25, 0.3) is 0 Å². The molecule has 13 heavy (non-hydrogen) atoms. The molecule has 0 aromatic rings. The molecule has 0 atom stereocenters. The second-order valence-electron chi connectivity index (χ2n) is 4.45. The van der Waals surface area contributed by atoms with Crippen molar-refractivity contribution in [3.8, 4) is 0 Å². The van der Waals surface area contributed by atoms with Crippen LogP contribution in [0.1, 0.15) is 47.0 Å². The molecule has 0 N–H and O–H groups in total. The van der Waals surface area contributed by atoms with Gasteiger partial charge in [-0.2, -0.15) is 0 Å². The van der Waals surface area contributed by atoms with Gasteiger partial charge in [0.05, 0.1) is 0 Å². The van der Waals surface area contributed by atoms with Crippen molar-refractivity contribution >= 4 is 11.9 Å². The minimum Gasteiger partial charge on any atom is -0.254 e. The van der Waals surface area contributed by atoms with E-state index in [4.69, 9.17) is 0 Å². The second kappa shape index (κ2) is 6.72. The van der Waals surface area contributed by atoms with E-state index < -0.39 is 0 Å². The lowest BCUT2D eigenvalue weighted by Gasteiger charge is -2.23. The van der Waals surface area contributed by atoms with Crippen LogP contribution in [-0.4, -0.2) is 23.7 Å². The number of rotatable bonds is 7. The van der Waals surface area contributed by atoms with Gasteiger partial charge in [-0.1, -0.05) is 46.1 Å². The molecular formula is C11H25NS. The number of hydrogen-bond acceptors (Lipinski definition) is 2. The van der Waals surface area contributed by atoms with Gasteiger partial charge < -0.3 is 0 Å². The molecule has 0 aliphatic carbocycles. The predicted molar refractivity (Wildman–Crippen MR) is 64.1 cm³/mol. The first-order valence-corrected chi connectivity index (χ1v) is 6.30. The Hall–Kier alpha value is 0.310. The Labute approximate surface area is 88.4 Å². The summed E-state index contributed by atoms with van der Waals surface area (Å²) in [6, 6.07) is 0. The first kappa shape index (κ1) is 13.3. The zero-order valence-electron chi connectivity index (χ0n) is 9.89. The van der Waals surface area contributed by atoms with Crippen LogP contribution in [0.25, 0.3) is 0 Å². The molecule has 0 saturated carbocycles. The summed E-state index contributed by atoms with van der Waals surface area (Å²) in [5, 5.41) is 0. The topological polar surface area (TPSA) is 3.24 Å². The monoisotopic (exact) mass is 203 g/mol. The SMILES string of the molecule is CCCN(C)SCCC(C)(C)CC. The molecule has 0 bridgehead atoms. The van der Waals surface area contributed by atoms with Crippen molar-refractivity contribution < 1.29 is 0 Å². The van der Waals surface area contributed by atoms with Gasteiger partial charge in [-0.3, -0.25) is 4.31 Å². The summed E-state index contributed by atoms with van der Waals surface area (Å²) in [6.45, 7) is 10.4. The van der Waals surface area contributed by atoms with Crippen LogP contribution in [-0.2, 0) is 0 Å². The lowest BCUT2D eigenvalue weighted by Crippen LogP contribution is -2.15. The van der Waals surface area contributed by atoms with Gasteiger partial charge in [-0.15, -0.1) is 0 Å². The molecule has 0 amide bonds. The summed E-state index contributed by atoms with van der Waals surface area (Å²) in [5.74, 6) is 1.26. The van der Waals surface area contributed by atoms with Crippen LogP contribution < -0.4 is 0 Å². The molecule has 0 aliphatic rings. The average Bonchev–Trinajstić information content (AvgIpc) is 2.05. The molecule has 0 rings (SSSR count). The summed E-state index contributed by atoms with van der Waals surface area (Å²) in [5.41, 5.74) is 0.528. The Balaban J connectivity index is 3.44. The van der Waals surface area contributed by atoms with Gasteiger partial charge in [0.1, 0.15) is 0 Å². The summed E-state index contributed by atoms with van der Waals surface area (Å²) >= 11 is 1.98. The van der Waals surface area contributed by atoms with Gasteiger partial charge in [0, 0.05) is 12.3 Å². The molecule has 0 radical (unpaired) electrons. The smallest absolute Gasteiger partial charge is 0.00858 e. The summed E-state index contributed by atoms with van der Waals surface area (Å²) in [4.78, 5) is 0.